The van der Waals surface area contributed by atoms with E-state index in [1.807, 2.05) is 4.90 Å². The number of hydrogen-bond donors (Lipinski definition) is 0. The molecule has 1 fully saturated rings. The highest BCUT2D eigenvalue weighted by Crippen LogP contribution is 2.31. The first kappa shape index (κ1) is 15.4. The number of anilines is 1. The average molecular weight is 298 g/mol. The van der Waals surface area contributed by atoms with Crippen LogP contribution in [0.2, 0.25) is 0 Å². The summed E-state index contributed by atoms with van der Waals surface area (Å²) in [6, 6.07) is 5.30. The summed E-state index contributed by atoms with van der Waals surface area (Å²) in [6.07, 6.45) is -1.15. The molecule has 114 valence electrons. The second kappa shape index (κ2) is 6.20. The molecule has 0 bridgehead atoms. The SMILES string of the molecule is C/C=C/C(=O)N1CCN(c2cccc(C(F)(F)F)c2)CC1. The van der Waals surface area contributed by atoms with Gasteiger partial charge < -0.3 is 9.80 Å². The summed E-state index contributed by atoms with van der Waals surface area (Å²) >= 11 is 0. The molecule has 0 saturated carbocycles. The van der Waals surface area contributed by atoms with Crippen molar-refractivity contribution in [3.63, 3.8) is 0 Å². The molecule has 0 atom stereocenters. The Hall–Kier alpha value is -1.98. The normalized spacial score (nSPS) is 16.6. The topological polar surface area (TPSA) is 23.6 Å². The molecule has 1 saturated heterocycles. The monoisotopic (exact) mass is 298 g/mol. The number of allylic oxidation sites excluding steroid dienone is 1. The highest BCUT2D eigenvalue weighted by molar-refractivity contribution is 5.87. The summed E-state index contributed by atoms with van der Waals surface area (Å²) in [5, 5.41) is 0. The van der Waals surface area contributed by atoms with Crippen LogP contribution in [-0.4, -0.2) is 37.0 Å². The molecule has 3 nitrogen and oxygen atoms in total. The van der Waals surface area contributed by atoms with Crippen LogP contribution in [0.25, 0.3) is 0 Å². The molecule has 1 heterocycles. The molecule has 2 rings (SSSR count). The van der Waals surface area contributed by atoms with E-state index < -0.39 is 11.7 Å². The van der Waals surface area contributed by atoms with E-state index >= 15 is 0 Å². The van der Waals surface area contributed by atoms with Gasteiger partial charge in [0.05, 0.1) is 5.56 Å². The first-order valence-electron chi connectivity index (χ1n) is 6.75. The number of amides is 1. The molecule has 1 aliphatic heterocycles. The maximum atomic E-state index is 12.7. The minimum Gasteiger partial charge on any atom is -0.368 e. The number of rotatable bonds is 2. The summed E-state index contributed by atoms with van der Waals surface area (Å²) in [7, 11) is 0. The zero-order valence-corrected chi connectivity index (χ0v) is 11.7. The van der Waals surface area contributed by atoms with Crippen LogP contribution >= 0.6 is 0 Å². The van der Waals surface area contributed by atoms with Crippen LogP contribution in [0.3, 0.4) is 0 Å². The van der Waals surface area contributed by atoms with Crippen molar-refractivity contribution in [1.29, 1.82) is 0 Å². The number of alkyl halides is 3. The van der Waals surface area contributed by atoms with Gasteiger partial charge in [0.2, 0.25) is 5.91 Å². The lowest BCUT2D eigenvalue weighted by Crippen LogP contribution is -2.48. The molecule has 1 aliphatic rings. The molecule has 6 heteroatoms. The van der Waals surface area contributed by atoms with Crippen molar-refractivity contribution in [2.75, 3.05) is 31.1 Å². The lowest BCUT2D eigenvalue weighted by molar-refractivity contribution is -0.137. The highest BCUT2D eigenvalue weighted by atomic mass is 19.4. The third-order valence-electron chi connectivity index (χ3n) is 3.44. The fourth-order valence-electron chi connectivity index (χ4n) is 2.31. The van der Waals surface area contributed by atoms with Gasteiger partial charge in [-0.05, 0) is 31.2 Å². The van der Waals surface area contributed by atoms with Gasteiger partial charge in [-0.2, -0.15) is 13.2 Å². The van der Waals surface area contributed by atoms with Gasteiger partial charge in [-0.1, -0.05) is 12.1 Å². The van der Waals surface area contributed by atoms with Crippen molar-refractivity contribution in [3.05, 3.63) is 42.0 Å². The largest absolute Gasteiger partial charge is 0.416 e. The molecule has 1 amide bonds. The fourth-order valence-corrected chi connectivity index (χ4v) is 2.31. The Morgan fingerprint density at radius 3 is 2.43 bits per heavy atom. The van der Waals surface area contributed by atoms with Gasteiger partial charge >= 0.3 is 6.18 Å². The molecule has 0 N–H and O–H groups in total. The molecule has 1 aromatic rings. The number of hydrogen-bond acceptors (Lipinski definition) is 2. The lowest BCUT2D eigenvalue weighted by Gasteiger charge is -2.35. The van der Waals surface area contributed by atoms with Gasteiger partial charge in [0.1, 0.15) is 0 Å². The van der Waals surface area contributed by atoms with Gasteiger partial charge in [-0.25, -0.2) is 0 Å². The molecule has 0 spiro atoms. The van der Waals surface area contributed by atoms with Crippen molar-refractivity contribution >= 4 is 11.6 Å². The van der Waals surface area contributed by atoms with Gasteiger partial charge in [0, 0.05) is 31.9 Å². The Kier molecular flexibility index (Phi) is 4.55. The van der Waals surface area contributed by atoms with E-state index in [1.165, 1.54) is 12.1 Å². The van der Waals surface area contributed by atoms with Gasteiger partial charge in [0.15, 0.2) is 0 Å². The van der Waals surface area contributed by atoms with Crippen LogP contribution < -0.4 is 4.90 Å². The molecule has 0 aromatic heterocycles. The number of carbonyl (C=O) groups excluding carboxylic acids is 1. The van der Waals surface area contributed by atoms with E-state index in [0.717, 1.165) is 12.1 Å². The Morgan fingerprint density at radius 2 is 1.86 bits per heavy atom. The molecule has 21 heavy (non-hydrogen) atoms. The van der Waals surface area contributed by atoms with E-state index in [9.17, 15) is 18.0 Å². The first-order valence-corrected chi connectivity index (χ1v) is 6.75. The number of benzene rings is 1. The van der Waals surface area contributed by atoms with Gasteiger partial charge in [-0.3, -0.25) is 4.79 Å². The van der Waals surface area contributed by atoms with Crippen molar-refractivity contribution in [1.82, 2.24) is 4.90 Å². The van der Waals surface area contributed by atoms with E-state index in [4.69, 9.17) is 0 Å². The second-order valence-corrected chi connectivity index (χ2v) is 4.86. The van der Waals surface area contributed by atoms with Crippen molar-refractivity contribution in [3.8, 4) is 0 Å². The third-order valence-corrected chi connectivity index (χ3v) is 3.44. The zero-order chi connectivity index (χ0) is 15.5. The third kappa shape index (κ3) is 3.77. The summed E-state index contributed by atoms with van der Waals surface area (Å²) < 4.78 is 38.1. The summed E-state index contributed by atoms with van der Waals surface area (Å²) in [5.41, 5.74) is -0.102. The molecule has 0 aliphatic carbocycles. The van der Waals surface area contributed by atoms with Crippen molar-refractivity contribution < 1.29 is 18.0 Å². The predicted octanol–water partition coefficient (Wildman–Crippen LogP) is 2.93. The standard InChI is InChI=1S/C15H17F3N2O/c1-2-4-14(21)20-9-7-19(8-10-20)13-6-3-5-12(11-13)15(16,17)18/h2-6,11H,7-10H2,1H3/b4-2+. The smallest absolute Gasteiger partial charge is 0.368 e. The Bertz CT molecular complexity index is 532. The fraction of sp³-hybridized carbons (Fsp3) is 0.400. The molecule has 1 aromatic carbocycles. The average Bonchev–Trinajstić information content (AvgIpc) is 2.47. The van der Waals surface area contributed by atoms with Crippen LogP contribution in [0.15, 0.2) is 36.4 Å². The second-order valence-electron chi connectivity index (χ2n) is 4.86. The Labute approximate surface area is 121 Å². The maximum absolute atomic E-state index is 12.7. The quantitative estimate of drug-likeness (QED) is 0.784. The number of nitrogens with zero attached hydrogens (tertiary/aromatic N) is 2. The number of halogens is 3. The predicted molar refractivity (Wildman–Crippen MR) is 75.1 cm³/mol. The zero-order valence-electron chi connectivity index (χ0n) is 11.7. The van der Waals surface area contributed by atoms with Crippen LogP contribution in [0.4, 0.5) is 18.9 Å². The van der Waals surface area contributed by atoms with Crippen LogP contribution in [0, 0.1) is 0 Å². The van der Waals surface area contributed by atoms with E-state index in [-0.39, 0.29) is 5.91 Å². The maximum Gasteiger partial charge on any atom is 0.416 e. The van der Waals surface area contributed by atoms with E-state index in [0.29, 0.717) is 31.9 Å². The Balaban J connectivity index is 2.04. The van der Waals surface area contributed by atoms with Gasteiger partial charge in [0.25, 0.3) is 0 Å². The molecule has 0 radical (unpaired) electrons. The lowest BCUT2D eigenvalue weighted by atomic mass is 10.1. The summed E-state index contributed by atoms with van der Waals surface area (Å²) in [5.74, 6) is -0.0545. The van der Waals surface area contributed by atoms with Crippen LogP contribution in [0.5, 0.6) is 0 Å². The first-order chi connectivity index (χ1) is 9.91. The molecule has 0 unspecified atom stereocenters. The van der Waals surface area contributed by atoms with E-state index in [2.05, 4.69) is 0 Å². The van der Waals surface area contributed by atoms with E-state index in [1.54, 1.807) is 24.0 Å². The Morgan fingerprint density at radius 1 is 1.19 bits per heavy atom. The summed E-state index contributed by atoms with van der Waals surface area (Å²) in [4.78, 5) is 15.3. The van der Waals surface area contributed by atoms with Crippen molar-refractivity contribution in [2.45, 2.75) is 13.1 Å². The minimum atomic E-state index is -4.33. The molecular weight excluding hydrogens is 281 g/mol. The highest BCUT2D eigenvalue weighted by Gasteiger charge is 2.31. The van der Waals surface area contributed by atoms with Gasteiger partial charge in [-0.15, -0.1) is 0 Å². The van der Waals surface area contributed by atoms with Crippen LogP contribution in [-0.2, 0) is 11.0 Å². The summed E-state index contributed by atoms with van der Waals surface area (Å²) in [6.45, 7) is 3.87. The number of carbonyl (C=O) groups is 1. The minimum absolute atomic E-state index is 0.0545. The van der Waals surface area contributed by atoms with Crippen molar-refractivity contribution in [2.24, 2.45) is 0 Å². The van der Waals surface area contributed by atoms with Crippen LogP contribution in [0.1, 0.15) is 12.5 Å². The molecular formula is C15H17F3N2O. The number of piperazine rings is 1.